The van der Waals surface area contributed by atoms with E-state index < -0.39 is 5.60 Å². The smallest absolute Gasteiger partial charge is 0.306 e. The van der Waals surface area contributed by atoms with Gasteiger partial charge in [0, 0.05) is 6.42 Å². The highest BCUT2D eigenvalue weighted by Crippen LogP contribution is 2.18. The molecule has 0 radical (unpaired) electrons. The molecule has 17 heavy (non-hydrogen) atoms. The topological polar surface area (TPSA) is 35.5 Å². The van der Waals surface area contributed by atoms with Gasteiger partial charge in [0.2, 0.25) is 0 Å². The highest BCUT2D eigenvalue weighted by molar-refractivity contribution is 5.70. The van der Waals surface area contributed by atoms with Crippen LogP contribution in [0.3, 0.4) is 0 Å². The number of hydrogen-bond acceptors (Lipinski definition) is 3. The lowest BCUT2D eigenvalue weighted by molar-refractivity contribution is -0.168. The van der Waals surface area contributed by atoms with Crippen LogP contribution in [-0.4, -0.2) is 23.8 Å². The number of carbonyl (C=O) groups is 1. The van der Waals surface area contributed by atoms with E-state index in [-0.39, 0.29) is 11.6 Å². The third-order valence-corrected chi connectivity index (χ3v) is 2.45. The lowest BCUT2D eigenvalue weighted by atomic mass is 10.1. The Labute approximate surface area is 106 Å². The molecule has 0 heterocycles. The zero-order valence-electron chi connectivity index (χ0n) is 12.4. The first-order valence-electron chi connectivity index (χ1n) is 6.41. The highest BCUT2D eigenvalue weighted by Gasteiger charge is 2.26. The zero-order chi connectivity index (χ0) is 13.7. The van der Waals surface area contributed by atoms with Crippen molar-refractivity contribution < 1.29 is 14.3 Å². The van der Waals surface area contributed by atoms with Crippen LogP contribution in [0.2, 0.25) is 0 Å². The van der Waals surface area contributed by atoms with Gasteiger partial charge >= 0.3 is 5.97 Å². The molecule has 0 aromatic heterocycles. The summed E-state index contributed by atoms with van der Waals surface area (Å²) >= 11 is 0. The first-order valence-corrected chi connectivity index (χ1v) is 6.41. The lowest BCUT2D eigenvalue weighted by Crippen LogP contribution is -2.37. The van der Waals surface area contributed by atoms with Gasteiger partial charge in [0.05, 0.1) is 12.2 Å². The molecular weight excluding hydrogens is 216 g/mol. The Morgan fingerprint density at radius 3 is 2.12 bits per heavy atom. The summed E-state index contributed by atoms with van der Waals surface area (Å²) in [5, 5.41) is 0. The predicted molar refractivity (Wildman–Crippen MR) is 69.9 cm³/mol. The van der Waals surface area contributed by atoms with E-state index in [2.05, 4.69) is 13.8 Å². The summed E-state index contributed by atoms with van der Waals surface area (Å²) < 4.78 is 11.1. The summed E-state index contributed by atoms with van der Waals surface area (Å²) in [7, 11) is 0. The Bertz CT molecular complexity index is 238. The van der Waals surface area contributed by atoms with Gasteiger partial charge in [-0.1, -0.05) is 20.3 Å². The van der Waals surface area contributed by atoms with E-state index >= 15 is 0 Å². The monoisotopic (exact) mass is 244 g/mol. The molecule has 0 aliphatic rings. The molecule has 0 aromatic carbocycles. The van der Waals surface area contributed by atoms with Gasteiger partial charge in [-0.3, -0.25) is 4.79 Å². The number of esters is 1. The first kappa shape index (κ1) is 16.4. The predicted octanol–water partition coefficient (Wildman–Crippen LogP) is 3.56. The van der Waals surface area contributed by atoms with Gasteiger partial charge in [-0.05, 0) is 40.5 Å². The Morgan fingerprint density at radius 2 is 1.71 bits per heavy atom. The van der Waals surface area contributed by atoms with Crippen molar-refractivity contribution in [1.29, 1.82) is 0 Å². The lowest BCUT2D eigenvalue weighted by Gasteiger charge is -2.30. The van der Waals surface area contributed by atoms with E-state index in [9.17, 15) is 4.79 Å². The molecule has 0 bridgehead atoms. The number of carbonyl (C=O) groups excluding carboxylic acids is 1. The molecule has 0 saturated heterocycles. The Hall–Kier alpha value is -0.570. The Morgan fingerprint density at radius 1 is 1.18 bits per heavy atom. The van der Waals surface area contributed by atoms with Crippen molar-refractivity contribution in [2.75, 3.05) is 6.61 Å². The first-order chi connectivity index (χ1) is 7.56. The molecule has 0 rings (SSSR count). The number of ether oxygens (including phenoxy) is 2. The summed E-state index contributed by atoms with van der Waals surface area (Å²) in [4.78, 5) is 11.7. The second-order valence-corrected chi connectivity index (χ2v) is 6.35. The summed E-state index contributed by atoms with van der Waals surface area (Å²) in [6.07, 6.45) is 1.48. The van der Waals surface area contributed by atoms with Crippen molar-refractivity contribution in [1.82, 2.24) is 0 Å². The normalized spacial score (nSPS) is 14.5. The average molecular weight is 244 g/mol. The molecule has 0 aliphatic carbocycles. The Kier molecular flexibility index (Phi) is 6.17. The maximum atomic E-state index is 11.7. The van der Waals surface area contributed by atoms with Crippen LogP contribution in [0.15, 0.2) is 0 Å². The quantitative estimate of drug-likeness (QED) is 0.670. The summed E-state index contributed by atoms with van der Waals surface area (Å²) in [6.45, 7) is 14.3. The molecule has 0 aliphatic heterocycles. The van der Waals surface area contributed by atoms with Crippen LogP contribution in [0, 0.1) is 5.92 Å². The molecule has 3 nitrogen and oxygen atoms in total. The van der Waals surface area contributed by atoms with Crippen molar-refractivity contribution in [3.05, 3.63) is 0 Å². The maximum absolute atomic E-state index is 11.7. The fraction of sp³-hybridized carbons (Fsp3) is 0.929. The minimum atomic E-state index is -0.558. The van der Waals surface area contributed by atoms with E-state index in [0.717, 1.165) is 6.42 Å². The molecule has 0 fully saturated rings. The average Bonchev–Trinajstić information content (AvgIpc) is 2.12. The van der Waals surface area contributed by atoms with Gasteiger partial charge in [-0.25, -0.2) is 0 Å². The molecule has 0 aromatic rings. The second-order valence-electron chi connectivity index (χ2n) is 6.35. The van der Waals surface area contributed by atoms with Gasteiger partial charge in [0.1, 0.15) is 5.60 Å². The van der Waals surface area contributed by atoms with Crippen LogP contribution in [0.25, 0.3) is 0 Å². The zero-order valence-corrected chi connectivity index (χ0v) is 12.4. The van der Waals surface area contributed by atoms with E-state index in [0.29, 0.717) is 18.9 Å². The van der Waals surface area contributed by atoms with E-state index in [1.54, 1.807) is 0 Å². The van der Waals surface area contributed by atoms with Gasteiger partial charge in [0.25, 0.3) is 0 Å². The molecule has 1 unspecified atom stereocenters. The van der Waals surface area contributed by atoms with Crippen LogP contribution >= 0.6 is 0 Å². The van der Waals surface area contributed by atoms with Crippen molar-refractivity contribution in [2.45, 2.75) is 72.5 Å². The fourth-order valence-electron chi connectivity index (χ4n) is 1.20. The van der Waals surface area contributed by atoms with Crippen LogP contribution in [0.5, 0.6) is 0 Å². The largest absolute Gasteiger partial charge is 0.457 e. The van der Waals surface area contributed by atoms with Gasteiger partial charge in [-0.15, -0.1) is 0 Å². The van der Waals surface area contributed by atoms with Gasteiger partial charge < -0.3 is 9.47 Å². The van der Waals surface area contributed by atoms with E-state index in [4.69, 9.17) is 9.47 Å². The summed E-state index contributed by atoms with van der Waals surface area (Å²) in [5.41, 5.74) is -0.766. The van der Waals surface area contributed by atoms with Crippen molar-refractivity contribution in [3.63, 3.8) is 0 Å². The second kappa shape index (κ2) is 6.39. The van der Waals surface area contributed by atoms with Crippen molar-refractivity contribution in [2.24, 2.45) is 5.92 Å². The summed E-state index contributed by atoms with van der Waals surface area (Å²) in [5.74, 6) is 0.240. The van der Waals surface area contributed by atoms with Crippen LogP contribution in [0.1, 0.15) is 61.3 Å². The third kappa shape index (κ3) is 9.16. The maximum Gasteiger partial charge on any atom is 0.306 e. The summed E-state index contributed by atoms with van der Waals surface area (Å²) in [6, 6.07) is 0. The molecule has 0 saturated carbocycles. The fourth-order valence-corrected chi connectivity index (χ4v) is 1.20. The molecule has 102 valence electrons. The van der Waals surface area contributed by atoms with Crippen LogP contribution in [0.4, 0.5) is 0 Å². The van der Waals surface area contributed by atoms with Crippen molar-refractivity contribution >= 4 is 5.97 Å². The molecule has 0 spiro atoms. The van der Waals surface area contributed by atoms with Gasteiger partial charge in [0.15, 0.2) is 0 Å². The third-order valence-electron chi connectivity index (χ3n) is 2.45. The SMILES string of the molecule is CCC(C)CC(=O)OC(C)(C)COC(C)(C)C. The Balaban J connectivity index is 4.11. The molecular formula is C14H28O3. The van der Waals surface area contributed by atoms with Crippen LogP contribution in [-0.2, 0) is 14.3 Å². The standard InChI is InChI=1S/C14H28O3/c1-8-11(2)9-12(15)17-14(6,7)10-16-13(3,4)5/h11H,8-10H2,1-7H3. The highest BCUT2D eigenvalue weighted by atomic mass is 16.6. The van der Waals surface area contributed by atoms with E-state index in [1.807, 2.05) is 34.6 Å². The minimum Gasteiger partial charge on any atom is -0.457 e. The molecule has 0 amide bonds. The minimum absolute atomic E-state index is 0.137. The molecule has 0 N–H and O–H groups in total. The van der Waals surface area contributed by atoms with Crippen molar-refractivity contribution in [3.8, 4) is 0 Å². The van der Waals surface area contributed by atoms with Crippen LogP contribution < -0.4 is 0 Å². The molecule has 1 atom stereocenters. The number of hydrogen-bond donors (Lipinski definition) is 0. The number of rotatable bonds is 6. The van der Waals surface area contributed by atoms with Gasteiger partial charge in [-0.2, -0.15) is 0 Å². The molecule has 3 heteroatoms. The van der Waals surface area contributed by atoms with E-state index in [1.165, 1.54) is 0 Å².